The summed E-state index contributed by atoms with van der Waals surface area (Å²) in [4.78, 5) is 10.3. The summed E-state index contributed by atoms with van der Waals surface area (Å²) in [5, 5.41) is 0. The lowest BCUT2D eigenvalue weighted by molar-refractivity contribution is -0.104. The van der Waals surface area contributed by atoms with Gasteiger partial charge in [-0.25, -0.2) is 0 Å². The number of benzene rings is 1. The maximum absolute atomic E-state index is 10.3. The summed E-state index contributed by atoms with van der Waals surface area (Å²) in [6, 6.07) is 11.9. The molecule has 0 aliphatic rings. The summed E-state index contributed by atoms with van der Waals surface area (Å²) in [7, 11) is 0. The van der Waals surface area contributed by atoms with Crippen LogP contribution >= 0.6 is 15.9 Å². The molecule has 2 rings (SSSR count). The molecule has 0 aliphatic heterocycles. The summed E-state index contributed by atoms with van der Waals surface area (Å²) in [5.41, 5.74) is 2.03. The Morgan fingerprint density at radius 3 is 2.69 bits per heavy atom. The number of carbonyl (C=O) groups excluding carboxylic acids is 1. The Kier molecular flexibility index (Phi) is 3.37. The predicted molar refractivity (Wildman–Crippen MR) is 68.6 cm³/mol. The monoisotopic (exact) mass is 275 g/mol. The van der Waals surface area contributed by atoms with Gasteiger partial charge in [0.2, 0.25) is 0 Å². The smallest absolute Gasteiger partial charge is 0.142 e. The fourth-order valence-electron chi connectivity index (χ4n) is 1.53. The number of aldehydes is 1. The van der Waals surface area contributed by atoms with Gasteiger partial charge in [0.1, 0.15) is 6.29 Å². The Hall–Kier alpha value is -1.61. The van der Waals surface area contributed by atoms with E-state index in [2.05, 4.69) is 15.9 Å². The zero-order valence-electron chi connectivity index (χ0n) is 8.51. The Morgan fingerprint density at radius 1 is 1.12 bits per heavy atom. The van der Waals surface area contributed by atoms with Crippen LogP contribution in [0.1, 0.15) is 5.69 Å². The number of hydrogen-bond donors (Lipinski definition) is 0. The highest BCUT2D eigenvalue weighted by Crippen LogP contribution is 2.22. The first-order valence-electron chi connectivity index (χ1n) is 4.87. The minimum atomic E-state index is 0.775. The summed E-state index contributed by atoms with van der Waals surface area (Å²) >= 11 is 3.51. The summed E-state index contributed by atoms with van der Waals surface area (Å²) in [6.07, 6.45) is 6.01. The third-order valence-electron chi connectivity index (χ3n) is 2.24. The van der Waals surface area contributed by atoms with Crippen LogP contribution in [0, 0.1) is 0 Å². The van der Waals surface area contributed by atoms with Crippen molar-refractivity contribution in [2.45, 2.75) is 0 Å². The summed E-state index contributed by atoms with van der Waals surface area (Å²) in [6.45, 7) is 0. The van der Waals surface area contributed by atoms with Crippen molar-refractivity contribution < 1.29 is 4.79 Å². The van der Waals surface area contributed by atoms with Gasteiger partial charge in [-0.1, -0.05) is 12.1 Å². The first-order valence-corrected chi connectivity index (χ1v) is 5.66. The normalized spacial score (nSPS) is 10.8. The van der Waals surface area contributed by atoms with Crippen LogP contribution in [0.2, 0.25) is 0 Å². The lowest BCUT2D eigenvalue weighted by Gasteiger charge is -2.08. The molecule has 0 atom stereocenters. The van der Waals surface area contributed by atoms with Crippen molar-refractivity contribution in [2.24, 2.45) is 0 Å². The number of hydrogen-bond acceptors (Lipinski definition) is 1. The van der Waals surface area contributed by atoms with Crippen LogP contribution in [0.25, 0.3) is 11.8 Å². The first kappa shape index (κ1) is 10.9. The zero-order chi connectivity index (χ0) is 11.4. The molecule has 1 heterocycles. The van der Waals surface area contributed by atoms with Gasteiger partial charge in [0.25, 0.3) is 0 Å². The molecule has 0 aliphatic carbocycles. The molecule has 0 amide bonds. The second kappa shape index (κ2) is 4.94. The number of allylic oxidation sites excluding steroid dienone is 1. The lowest BCUT2D eigenvalue weighted by Crippen LogP contribution is -1.95. The van der Waals surface area contributed by atoms with E-state index in [9.17, 15) is 4.79 Å². The van der Waals surface area contributed by atoms with Gasteiger partial charge in [0.05, 0.1) is 5.69 Å². The third-order valence-corrected chi connectivity index (χ3v) is 2.91. The highest BCUT2D eigenvalue weighted by molar-refractivity contribution is 9.10. The molecule has 1 aromatic carbocycles. The van der Waals surface area contributed by atoms with Gasteiger partial charge in [-0.2, -0.15) is 0 Å². The average Bonchev–Trinajstić information content (AvgIpc) is 2.75. The molecule has 3 heteroatoms. The number of rotatable bonds is 3. The standard InChI is InChI=1S/C13H10BrNO/c14-12-7-1-2-8-13(12)15-9-3-5-11(15)6-4-10-16/h1-10H/b6-4+. The fourth-order valence-corrected chi connectivity index (χ4v) is 2.01. The van der Waals surface area contributed by atoms with E-state index >= 15 is 0 Å². The molecule has 0 fully saturated rings. The van der Waals surface area contributed by atoms with Gasteiger partial charge in [0.15, 0.2) is 0 Å². The van der Waals surface area contributed by atoms with Crippen LogP contribution in [0.3, 0.4) is 0 Å². The van der Waals surface area contributed by atoms with Crippen LogP contribution in [-0.4, -0.2) is 10.9 Å². The van der Waals surface area contributed by atoms with E-state index in [1.54, 1.807) is 6.08 Å². The first-order chi connectivity index (χ1) is 7.83. The van der Waals surface area contributed by atoms with Crippen molar-refractivity contribution in [3.8, 4) is 5.69 Å². The average molecular weight is 276 g/mol. The molecule has 0 unspecified atom stereocenters. The fraction of sp³-hybridized carbons (Fsp3) is 0. The van der Waals surface area contributed by atoms with Crippen LogP contribution in [0.4, 0.5) is 0 Å². The molecule has 2 aromatic rings. The minimum absolute atomic E-state index is 0.775. The van der Waals surface area contributed by atoms with Crippen molar-refractivity contribution in [1.82, 2.24) is 4.57 Å². The minimum Gasteiger partial charge on any atom is -0.316 e. The predicted octanol–water partition coefficient (Wildman–Crippen LogP) is 3.45. The molecule has 0 spiro atoms. The highest BCUT2D eigenvalue weighted by Gasteiger charge is 2.03. The molecule has 1 aromatic heterocycles. The molecule has 0 saturated heterocycles. The Balaban J connectivity index is 2.49. The van der Waals surface area contributed by atoms with Gasteiger partial charge in [-0.3, -0.25) is 4.79 Å². The second-order valence-electron chi connectivity index (χ2n) is 3.25. The number of carbonyl (C=O) groups is 1. The van der Waals surface area contributed by atoms with E-state index in [4.69, 9.17) is 0 Å². The van der Waals surface area contributed by atoms with Crippen molar-refractivity contribution in [1.29, 1.82) is 0 Å². The summed E-state index contributed by atoms with van der Waals surface area (Å²) in [5.74, 6) is 0. The van der Waals surface area contributed by atoms with Gasteiger partial charge >= 0.3 is 0 Å². The SMILES string of the molecule is O=C/C=C/c1cccn1-c1ccccc1Br. The van der Waals surface area contributed by atoms with E-state index in [-0.39, 0.29) is 0 Å². The highest BCUT2D eigenvalue weighted by atomic mass is 79.9. The van der Waals surface area contributed by atoms with Gasteiger partial charge < -0.3 is 4.57 Å². The number of aromatic nitrogens is 1. The number of para-hydroxylation sites is 1. The van der Waals surface area contributed by atoms with Crippen molar-refractivity contribution in [3.63, 3.8) is 0 Å². The Morgan fingerprint density at radius 2 is 1.94 bits per heavy atom. The molecule has 0 radical (unpaired) electrons. The van der Waals surface area contributed by atoms with Crippen LogP contribution in [0.15, 0.2) is 53.1 Å². The Bertz CT molecular complexity index is 528. The van der Waals surface area contributed by atoms with E-state index in [0.717, 1.165) is 22.1 Å². The van der Waals surface area contributed by atoms with Crippen molar-refractivity contribution in [2.75, 3.05) is 0 Å². The van der Waals surface area contributed by atoms with Gasteiger partial charge in [-0.05, 0) is 52.3 Å². The molecule has 0 bridgehead atoms. The molecular formula is C13H10BrNO. The van der Waals surface area contributed by atoms with Crippen LogP contribution < -0.4 is 0 Å². The van der Waals surface area contributed by atoms with E-state index in [1.165, 1.54) is 6.08 Å². The largest absolute Gasteiger partial charge is 0.316 e. The van der Waals surface area contributed by atoms with Crippen molar-refractivity contribution in [3.05, 3.63) is 58.8 Å². The quantitative estimate of drug-likeness (QED) is 0.621. The molecular weight excluding hydrogens is 266 g/mol. The zero-order valence-corrected chi connectivity index (χ0v) is 10.1. The van der Waals surface area contributed by atoms with Crippen molar-refractivity contribution >= 4 is 28.3 Å². The number of nitrogens with zero attached hydrogens (tertiary/aromatic N) is 1. The molecule has 80 valence electrons. The van der Waals surface area contributed by atoms with Crippen LogP contribution in [0.5, 0.6) is 0 Å². The topological polar surface area (TPSA) is 22.0 Å². The molecule has 0 saturated carbocycles. The molecule has 2 nitrogen and oxygen atoms in total. The maximum atomic E-state index is 10.3. The second-order valence-corrected chi connectivity index (χ2v) is 4.10. The van der Waals surface area contributed by atoms with Crippen LogP contribution in [-0.2, 0) is 4.79 Å². The van der Waals surface area contributed by atoms with E-state index in [0.29, 0.717) is 0 Å². The van der Waals surface area contributed by atoms with Gasteiger partial charge in [-0.15, -0.1) is 0 Å². The Labute approximate surface area is 102 Å². The lowest BCUT2D eigenvalue weighted by atomic mass is 10.3. The third kappa shape index (κ3) is 2.14. The number of halogens is 1. The summed E-state index contributed by atoms with van der Waals surface area (Å²) < 4.78 is 3.04. The molecule has 0 N–H and O–H groups in total. The molecule has 16 heavy (non-hydrogen) atoms. The van der Waals surface area contributed by atoms with Gasteiger partial charge in [0, 0.05) is 16.4 Å². The van der Waals surface area contributed by atoms with E-state index < -0.39 is 0 Å². The van der Waals surface area contributed by atoms with E-state index in [1.807, 2.05) is 47.2 Å². The maximum Gasteiger partial charge on any atom is 0.142 e.